The fourth-order valence-corrected chi connectivity index (χ4v) is 4.72. The van der Waals surface area contributed by atoms with Gasteiger partial charge in [0.25, 0.3) is 0 Å². The molecule has 156 valence electrons. The summed E-state index contributed by atoms with van der Waals surface area (Å²) in [5.74, 6) is 0. The van der Waals surface area contributed by atoms with Crippen molar-refractivity contribution in [1.29, 1.82) is 0 Å². The van der Waals surface area contributed by atoms with Crippen LogP contribution in [-0.4, -0.2) is 42.1 Å². The van der Waals surface area contributed by atoms with E-state index in [1.807, 2.05) is 24.3 Å². The van der Waals surface area contributed by atoms with Crippen LogP contribution in [0.3, 0.4) is 0 Å². The number of pyridine rings is 1. The largest absolute Gasteiger partial charge is 0.326 e. The van der Waals surface area contributed by atoms with Gasteiger partial charge in [0.05, 0.1) is 15.9 Å². The monoisotopic (exact) mass is 425 g/mol. The van der Waals surface area contributed by atoms with E-state index in [0.29, 0.717) is 19.6 Å². The molecule has 4 aromatic rings. The van der Waals surface area contributed by atoms with E-state index in [1.165, 1.54) is 0 Å². The van der Waals surface area contributed by atoms with Gasteiger partial charge in [-0.3, -0.25) is 9.55 Å². The van der Waals surface area contributed by atoms with E-state index in [0.717, 1.165) is 21.8 Å². The summed E-state index contributed by atoms with van der Waals surface area (Å²) in [5, 5.41) is 4.92. The predicted octanol–water partition coefficient (Wildman–Crippen LogP) is 1.83. The number of nitrogens with zero attached hydrogens (tertiary/aromatic N) is 2. The van der Waals surface area contributed by atoms with Gasteiger partial charge in [-0.25, -0.2) is 17.9 Å². The van der Waals surface area contributed by atoms with Crippen molar-refractivity contribution in [3.05, 3.63) is 71.4 Å². The van der Waals surface area contributed by atoms with Gasteiger partial charge in [0, 0.05) is 43.5 Å². The predicted molar refractivity (Wildman–Crippen MR) is 117 cm³/mol. The number of rotatable bonds is 8. The molecule has 0 spiro atoms. The molecule has 4 rings (SSSR count). The number of fused-ring (bicyclic) bond motifs is 2. The number of hydrogen-bond acceptors (Lipinski definition) is 5. The minimum absolute atomic E-state index is 0.154. The van der Waals surface area contributed by atoms with Crippen LogP contribution >= 0.6 is 0 Å². The number of aromatic nitrogens is 3. The van der Waals surface area contributed by atoms with Gasteiger partial charge < -0.3 is 10.3 Å². The van der Waals surface area contributed by atoms with Crippen molar-refractivity contribution in [3.63, 3.8) is 0 Å². The molecule has 0 aliphatic heterocycles. The fraction of sp³-hybridized carbons (Fsp3) is 0.238. The zero-order chi connectivity index (χ0) is 21.1. The maximum atomic E-state index is 12.7. The lowest BCUT2D eigenvalue weighted by Gasteiger charge is -2.15. The molecular formula is C21H23N5O3S. The average Bonchev–Trinajstić information content (AvgIpc) is 3.05. The summed E-state index contributed by atoms with van der Waals surface area (Å²) in [6, 6.07) is 14.0. The van der Waals surface area contributed by atoms with E-state index >= 15 is 0 Å². The summed E-state index contributed by atoms with van der Waals surface area (Å²) < 4.78 is 29.7. The Bertz CT molecular complexity index is 1340. The second kappa shape index (κ2) is 8.39. The quantitative estimate of drug-likeness (QED) is 0.373. The van der Waals surface area contributed by atoms with E-state index in [1.54, 1.807) is 48.1 Å². The smallest absolute Gasteiger partial charge is 0.313 e. The van der Waals surface area contributed by atoms with Gasteiger partial charge in [0.1, 0.15) is 0 Å². The minimum atomic E-state index is -3.64. The molecule has 3 N–H and O–H groups in total. The molecular weight excluding hydrogens is 402 g/mol. The molecule has 1 atom stereocenters. The van der Waals surface area contributed by atoms with E-state index in [2.05, 4.69) is 20.0 Å². The Balaban J connectivity index is 1.34. The first-order valence-electron chi connectivity index (χ1n) is 9.68. The topological polar surface area (TPSA) is 109 Å². The Morgan fingerprint density at radius 1 is 1.13 bits per heavy atom. The Hall–Kier alpha value is -3.01. The number of H-pyrrole nitrogens is 1. The molecule has 1 unspecified atom stereocenters. The molecule has 0 saturated heterocycles. The fourth-order valence-electron chi connectivity index (χ4n) is 3.44. The summed E-state index contributed by atoms with van der Waals surface area (Å²) in [7, 11) is -3.64. The first-order chi connectivity index (χ1) is 14.4. The molecule has 2 aromatic heterocycles. The lowest BCUT2D eigenvalue weighted by atomic mass is 10.2. The minimum Gasteiger partial charge on any atom is -0.313 e. The van der Waals surface area contributed by atoms with Crippen molar-refractivity contribution in [1.82, 2.24) is 24.6 Å². The van der Waals surface area contributed by atoms with Crippen molar-refractivity contribution >= 4 is 31.8 Å². The van der Waals surface area contributed by atoms with Crippen LogP contribution in [0.4, 0.5) is 0 Å². The second-order valence-corrected chi connectivity index (χ2v) is 8.92. The zero-order valence-corrected chi connectivity index (χ0v) is 17.3. The molecule has 0 amide bonds. The van der Waals surface area contributed by atoms with Crippen LogP contribution in [0.1, 0.15) is 6.92 Å². The van der Waals surface area contributed by atoms with Crippen LogP contribution in [0.2, 0.25) is 0 Å². The lowest BCUT2D eigenvalue weighted by Crippen LogP contribution is -2.40. The Kier molecular flexibility index (Phi) is 5.67. The number of hydrogen-bond donors (Lipinski definition) is 3. The van der Waals surface area contributed by atoms with Crippen LogP contribution in [0.25, 0.3) is 21.8 Å². The summed E-state index contributed by atoms with van der Waals surface area (Å²) in [4.78, 5) is 19.2. The van der Waals surface area contributed by atoms with Crippen molar-refractivity contribution in [2.24, 2.45) is 0 Å². The third-order valence-corrected chi connectivity index (χ3v) is 6.51. The van der Waals surface area contributed by atoms with Gasteiger partial charge in [0.2, 0.25) is 10.0 Å². The standard InChI is InChI=1S/C21H23N5O3S/c1-15(13-23-10-11-26-20-5-3-2-4-19(20)24-21(26)27)25-30(28,29)18-7-6-17-14-22-9-8-16(17)12-18/h2-9,12,14-15,23,25H,10-11,13H2,1H3,(H,24,27). The van der Waals surface area contributed by atoms with E-state index < -0.39 is 10.0 Å². The number of imidazole rings is 1. The number of para-hydroxylation sites is 2. The van der Waals surface area contributed by atoms with E-state index in [4.69, 9.17) is 0 Å². The second-order valence-electron chi connectivity index (χ2n) is 7.21. The summed E-state index contributed by atoms with van der Waals surface area (Å²) in [5.41, 5.74) is 1.50. The first kappa shape index (κ1) is 20.3. The number of sulfonamides is 1. The third kappa shape index (κ3) is 4.28. The van der Waals surface area contributed by atoms with Gasteiger partial charge in [-0.15, -0.1) is 0 Å². The van der Waals surface area contributed by atoms with Crippen LogP contribution in [0, 0.1) is 0 Å². The van der Waals surface area contributed by atoms with Crippen molar-refractivity contribution in [2.45, 2.75) is 24.4 Å². The van der Waals surface area contributed by atoms with Crippen molar-refractivity contribution in [2.75, 3.05) is 13.1 Å². The van der Waals surface area contributed by atoms with Crippen molar-refractivity contribution in [3.8, 4) is 0 Å². The highest BCUT2D eigenvalue weighted by atomic mass is 32.2. The molecule has 0 bridgehead atoms. The SMILES string of the molecule is CC(CNCCn1c(=O)[nH]c2ccccc21)NS(=O)(=O)c1ccc2cnccc2c1. The first-order valence-corrected chi connectivity index (χ1v) is 11.2. The van der Waals surface area contributed by atoms with E-state index in [-0.39, 0.29) is 16.6 Å². The molecule has 0 aliphatic rings. The number of nitrogens with one attached hydrogen (secondary N) is 3. The highest BCUT2D eigenvalue weighted by Crippen LogP contribution is 2.18. The van der Waals surface area contributed by atoms with Crippen LogP contribution in [0.5, 0.6) is 0 Å². The van der Waals surface area contributed by atoms with Crippen molar-refractivity contribution < 1.29 is 8.42 Å². The summed E-state index contributed by atoms with van der Waals surface area (Å²) in [6.07, 6.45) is 3.34. The highest BCUT2D eigenvalue weighted by Gasteiger charge is 2.17. The molecule has 30 heavy (non-hydrogen) atoms. The maximum absolute atomic E-state index is 12.7. The van der Waals surface area contributed by atoms with Crippen LogP contribution in [0.15, 0.2) is 70.6 Å². The normalized spacial score (nSPS) is 13.1. The lowest BCUT2D eigenvalue weighted by molar-refractivity contribution is 0.522. The molecule has 0 radical (unpaired) electrons. The Morgan fingerprint density at radius 2 is 1.97 bits per heavy atom. The number of aromatic amines is 1. The molecule has 2 heterocycles. The van der Waals surface area contributed by atoms with Gasteiger partial charge in [-0.2, -0.15) is 0 Å². The van der Waals surface area contributed by atoms with E-state index in [9.17, 15) is 13.2 Å². The molecule has 0 saturated carbocycles. The molecule has 8 nitrogen and oxygen atoms in total. The average molecular weight is 426 g/mol. The Labute approximate surface area is 174 Å². The van der Waals surface area contributed by atoms with Crippen LogP contribution in [-0.2, 0) is 16.6 Å². The van der Waals surface area contributed by atoms with Gasteiger partial charge in [0.15, 0.2) is 0 Å². The Morgan fingerprint density at radius 3 is 2.83 bits per heavy atom. The third-order valence-electron chi connectivity index (χ3n) is 4.92. The molecule has 0 aliphatic carbocycles. The van der Waals surface area contributed by atoms with Gasteiger partial charge in [-0.05, 0) is 42.6 Å². The molecule has 9 heteroatoms. The highest BCUT2D eigenvalue weighted by molar-refractivity contribution is 7.89. The number of benzene rings is 2. The van der Waals surface area contributed by atoms with Gasteiger partial charge in [-0.1, -0.05) is 18.2 Å². The molecule has 2 aromatic carbocycles. The van der Waals surface area contributed by atoms with Crippen LogP contribution < -0.4 is 15.7 Å². The summed E-state index contributed by atoms with van der Waals surface area (Å²) in [6.45, 7) is 3.26. The zero-order valence-electron chi connectivity index (χ0n) is 16.5. The maximum Gasteiger partial charge on any atom is 0.326 e. The molecule has 0 fully saturated rings. The summed E-state index contributed by atoms with van der Waals surface area (Å²) >= 11 is 0. The van der Waals surface area contributed by atoms with Gasteiger partial charge >= 0.3 is 5.69 Å².